The summed E-state index contributed by atoms with van der Waals surface area (Å²) < 4.78 is 2.12. The second kappa shape index (κ2) is 7.97. The van der Waals surface area contributed by atoms with Gasteiger partial charge in [0.25, 0.3) is 0 Å². The molecule has 0 spiro atoms. The number of carbonyl (C=O) groups is 1. The van der Waals surface area contributed by atoms with Crippen LogP contribution in [0.25, 0.3) is 23.1 Å². The van der Waals surface area contributed by atoms with Crippen molar-refractivity contribution in [3.63, 3.8) is 0 Å². The van der Waals surface area contributed by atoms with Gasteiger partial charge in [0.2, 0.25) is 11.2 Å². The Morgan fingerprint density at radius 1 is 0.938 bits per heavy atom. The molecular weight excluding hydrogens is 396 g/mol. The predicted molar refractivity (Wildman–Crippen MR) is 126 cm³/mol. The fourth-order valence-electron chi connectivity index (χ4n) is 4.51. The molecule has 0 saturated heterocycles. The number of aromatic nitrogens is 1. The summed E-state index contributed by atoms with van der Waals surface area (Å²) in [4.78, 5) is 15.1. The maximum atomic E-state index is 12.9. The SMILES string of the molecule is CCN1/C(=C/C2=C([O-])C(=C\c3ccc4ccccc4[n+]3CC)/C2=O)C=Cc2ccccc21. The molecule has 2 aromatic carbocycles. The Morgan fingerprint density at radius 2 is 1.72 bits per heavy atom. The molecule has 158 valence electrons. The highest BCUT2D eigenvalue weighted by atomic mass is 16.3. The molecule has 0 amide bonds. The summed E-state index contributed by atoms with van der Waals surface area (Å²) >= 11 is 0. The fraction of sp³-hybridized carbons (Fsp3) is 0.143. The Hall–Kier alpha value is -3.92. The van der Waals surface area contributed by atoms with E-state index in [2.05, 4.69) is 47.6 Å². The molecule has 0 atom stereocenters. The number of rotatable bonds is 4. The molecule has 1 aromatic heterocycles. The van der Waals surface area contributed by atoms with Crippen LogP contribution in [-0.4, -0.2) is 12.3 Å². The van der Waals surface area contributed by atoms with E-state index in [1.807, 2.05) is 48.6 Å². The van der Waals surface area contributed by atoms with E-state index in [-0.39, 0.29) is 22.7 Å². The molecule has 1 aliphatic heterocycles. The Morgan fingerprint density at radius 3 is 2.50 bits per heavy atom. The third-order valence-electron chi connectivity index (χ3n) is 6.14. The van der Waals surface area contributed by atoms with E-state index in [1.54, 1.807) is 12.2 Å². The van der Waals surface area contributed by atoms with Crippen molar-refractivity contribution in [1.29, 1.82) is 0 Å². The molecule has 4 heteroatoms. The number of ketones is 1. The van der Waals surface area contributed by atoms with Crippen molar-refractivity contribution in [2.45, 2.75) is 20.4 Å². The van der Waals surface area contributed by atoms with Crippen LogP contribution < -0.4 is 14.6 Å². The van der Waals surface area contributed by atoms with Gasteiger partial charge >= 0.3 is 0 Å². The van der Waals surface area contributed by atoms with Gasteiger partial charge in [0.05, 0.1) is 0 Å². The lowest BCUT2D eigenvalue weighted by Gasteiger charge is -2.32. The van der Waals surface area contributed by atoms with Gasteiger partial charge in [-0.05, 0) is 49.8 Å². The highest BCUT2D eigenvalue weighted by molar-refractivity contribution is 6.23. The van der Waals surface area contributed by atoms with E-state index in [0.717, 1.165) is 46.6 Å². The zero-order valence-corrected chi connectivity index (χ0v) is 18.2. The van der Waals surface area contributed by atoms with E-state index in [1.165, 1.54) is 0 Å². The molecule has 0 saturated carbocycles. The first-order valence-electron chi connectivity index (χ1n) is 11.0. The number of nitrogens with zero attached hydrogens (tertiary/aromatic N) is 2. The third kappa shape index (κ3) is 3.16. The third-order valence-corrected chi connectivity index (χ3v) is 6.14. The Kier molecular flexibility index (Phi) is 4.98. The van der Waals surface area contributed by atoms with Crippen molar-refractivity contribution in [3.05, 3.63) is 107 Å². The van der Waals surface area contributed by atoms with Crippen molar-refractivity contribution in [2.24, 2.45) is 0 Å². The number of allylic oxidation sites excluding steroid dienone is 4. The van der Waals surface area contributed by atoms with Crippen LogP contribution in [0, 0.1) is 0 Å². The lowest BCUT2D eigenvalue weighted by molar-refractivity contribution is -0.669. The highest BCUT2D eigenvalue weighted by Crippen LogP contribution is 2.34. The van der Waals surface area contributed by atoms with Crippen LogP contribution in [0.1, 0.15) is 25.1 Å². The summed E-state index contributed by atoms with van der Waals surface area (Å²) in [5.74, 6) is -0.386. The molecular formula is C28H24N2O2. The number of aryl methyl sites for hydroxylation is 1. The normalized spacial score (nSPS) is 17.9. The minimum atomic E-state index is -0.193. The molecule has 32 heavy (non-hydrogen) atoms. The predicted octanol–water partition coefficient (Wildman–Crippen LogP) is 4.16. The Bertz CT molecular complexity index is 1380. The zero-order valence-electron chi connectivity index (χ0n) is 18.2. The number of pyridine rings is 1. The van der Waals surface area contributed by atoms with Gasteiger partial charge in [-0.15, -0.1) is 0 Å². The molecule has 2 heterocycles. The molecule has 0 fully saturated rings. The lowest BCUT2D eigenvalue weighted by Crippen LogP contribution is -2.37. The van der Waals surface area contributed by atoms with E-state index in [9.17, 15) is 9.90 Å². The number of hydrogen-bond donors (Lipinski definition) is 0. The van der Waals surface area contributed by atoms with Gasteiger partial charge in [-0.3, -0.25) is 4.79 Å². The second-order valence-electron chi connectivity index (χ2n) is 7.90. The van der Waals surface area contributed by atoms with Crippen molar-refractivity contribution in [2.75, 3.05) is 11.4 Å². The summed E-state index contributed by atoms with van der Waals surface area (Å²) in [6.07, 6.45) is 7.45. The summed E-state index contributed by atoms with van der Waals surface area (Å²) in [5.41, 5.74) is 5.51. The number of likely N-dealkylation sites (N-methyl/N-ethyl adjacent to an activating group) is 1. The summed E-state index contributed by atoms with van der Waals surface area (Å²) in [6.45, 7) is 5.62. The summed E-state index contributed by atoms with van der Waals surface area (Å²) in [5, 5.41) is 14.1. The van der Waals surface area contributed by atoms with Gasteiger partial charge in [-0.25, -0.2) is 0 Å². The van der Waals surface area contributed by atoms with Crippen LogP contribution in [-0.2, 0) is 11.3 Å². The maximum Gasteiger partial charge on any atom is 0.212 e. The molecule has 0 unspecified atom stereocenters. The van der Waals surface area contributed by atoms with Crippen molar-refractivity contribution in [3.8, 4) is 0 Å². The lowest BCUT2D eigenvalue weighted by atomic mass is 9.86. The molecule has 0 radical (unpaired) electrons. The molecule has 3 aromatic rings. The number of benzene rings is 2. The number of Topliss-reactive ketones (excluding diaryl/α,β-unsaturated/α-hetero) is 1. The molecule has 2 aliphatic rings. The number of fused-ring (bicyclic) bond motifs is 2. The summed E-state index contributed by atoms with van der Waals surface area (Å²) in [6, 6.07) is 20.2. The smallest absolute Gasteiger partial charge is 0.212 e. The average molecular weight is 421 g/mol. The highest BCUT2D eigenvalue weighted by Gasteiger charge is 2.28. The zero-order chi connectivity index (χ0) is 22.2. The molecule has 0 bridgehead atoms. The first kappa shape index (κ1) is 20.0. The number of hydrogen-bond acceptors (Lipinski definition) is 3. The fourth-order valence-corrected chi connectivity index (χ4v) is 4.51. The number of anilines is 1. The maximum absolute atomic E-state index is 12.9. The first-order valence-corrected chi connectivity index (χ1v) is 11.0. The van der Waals surface area contributed by atoms with Crippen LogP contribution in [0.15, 0.2) is 95.4 Å². The Balaban J connectivity index is 1.53. The van der Waals surface area contributed by atoms with Gasteiger partial charge in [-0.2, -0.15) is 4.57 Å². The summed E-state index contributed by atoms with van der Waals surface area (Å²) in [7, 11) is 0. The minimum absolute atomic E-state index is 0.193. The minimum Gasteiger partial charge on any atom is -0.871 e. The van der Waals surface area contributed by atoms with E-state index < -0.39 is 0 Å². The van der Waals surface area contributed by atoms with Gasteiger partial charge in [-0.1, -0.05) is 42.2 Å². The molecule has 1 aliphatic carbocycles. The quantitative estimate of drug-likeness (QED) is 0.470. The van der Waals surface area contributed by atoms with Crippen molar-refractivity contribution >= 4 is 34.5 Å². The number of para-hydroxylation sites is 2. The second-order valence-corrected chi connectivity index (χ2v) is 7.90. The van der Waals surface area contributed by atoms with Gasteiger partial charge in [0.15, 0.2) is 5.78 Å². The monoisotopic (exact) mass is 420 g/mol. The van der Waals surface area contributed by atoms with Crippen LogP contribution in [0.2, 0.25) is 0 Å². The standard InChI is InChI=1S/C28H24N2O2/c1-3-29-21(15-13-19-9-5-7-11-25(19)29)17-23-27(31)24(28(23)32)18-22-16-14-20-10-6-8-12-26(20)30(22)4-2/h5-18H,3-4H2,1-2H3. The Labute approximate surface area is 187 Å². The van der Waals surface area contributed by atoms with Gasteiger partial charge < -0.3 is 10.0 Å². The first-order chi connectivity index (χ1) is 15.6. The molecule has 5 rings (SSSR count). The van der Waals surface area contributed by atoms with E-state index >= 15 is 0 Å². The van der Waals surface area contributed by atoms with E-state index in [0.29, 0.717) is 0 Å². The van der Waals surface area contributed by atoms with E-state index in [4.69, 9.17) is 0 Å². The average Bonchev–Trinajstić information content (AvgIpc) is 2.84. The van der Waals surface area contributed by atoms with Gasteiger partial charge in [0, 0.05) is 52.7 Å². The van der Waals surface area contributed by atoms with Crippen molar-refractivity contribution in [1.82, 2.24) is 0 Å². The van der Waals surface area contributed by atoms with Crippen LogP contribution in [0.4, 0.5) is 5.69 Å². The van der Waals surface area contributed by atoms with Crippen LogP contribution in [0.5, 0.6) is 0 Å². The largest absolute Gasteiger partial charge is 0.871 e. The van der Waals surface area contributed by atoms with Crippen molar-refractivity contribution < 1.29 is 14.5 Å². The van der Waals surface area contributed by atoms with Gasteiger partial charge in [0.1, 0.15) is 6.54 Å². The van der Waals surface area contributed by atoms with Crippen LogP contribution in [0.3, 0.4) is 0 Å². The van der Waals surface area contributed by atoms with Crippen LogP contribution >= 0.6 is 0 Å². The number of carbonyl (C=O) groups excluding carboxylic acids is 1. The molecule has 4 nitrogen and oxygen atoms in total. The topological polar surface area (TPSA) is 47.2 Å². The molecule has 0 N–H and O–H groups in total.